The van der Waals surface area contributed by atoms with Gasteiger partial charge in [0.15, 0.2) is 0 Å². The Morgan fingerprint density at radius 3 is 2.81 bits per heavy atom. The smallest absolute Gasteiger partial charge is 0.142 e. The molecule has 3 nitrogen and oxygen atoms in total. The lowest BCUT2D eigenvalue weighted by Crippen LogP contribution is -2.02. The van der Waals surface area contributed by atoms with E-state index in [4.69, 9.17) is 17.3 Å². The molecule has 0 saturated heterocycles. The summed E-state index contributed by atoms with van der Waals surface area (Å²) in [6.45, 7) is 0.512. The van der Waals surface area contributed by atoms with Crippen molar-refractivity contribution in [1.29, 1.82) is 0 Å². The van der Waals surface area contributed by atoms with E-state index in [0.717, 1.165) is 17.0 Å². The summed E-state index contributed by atoms with van der Waals surface area (Å²) < 4.78 is 15.5. The average Bonchev–Trinajstić information content (AvgIpc) is 2.91. The summed E-state index contributed by atoms with van der Waals surface area (Å²) in [6, 6.07) is 12.3. The van der Waals surface area contributed by atoms with E-state index < -0.39 is 5.82 Å². The van der Waals surface area contributed by atoms with Crippen molar-refractivity contribution < 1.29 is 4.39 Å². The van der Waals surface area contributed by atoms with Gasteiger partial charge in [-0.1, -0.05) is 29.8 Å². The molecule has 2 N–H and O–H groups in total. The number of nitrogens with two attached hydrogens (primary N) is 1. The zero-order valence-corrected chi connectivity index (χ0v) is 11.9. The number of hydrogen-bond donors (Lipinski definition) is 1. The maximum atomic E-state index is 13.5. The van der Waals surface area contributed by atoms with Gasteiger partial charge in [-0.2, -0.15) is 0 Å². The molecular formula is C16H13ClFN3. The minimum Gasteiger partial charge on any atom is -0.399 e. The summed E-state index contributed by atoms with van der Waals surface area (Å²) in [5, 5.41) is 0.125. The zero-order chi connectivity index (χ0) is 14.8. The van der Waals surface area contributed by atoms with Gasteiger partial charge in [0.2, 0.25) is 0 Å². The molecule has 0 unspecified atom stereocenters. The number of benzene rings is 2. The van der Waals surface area contributed by atoms with E-state index >= 15 is 0 Å². The summed E-state index contributed by atoms with van der Waals surface area (Å²) in [4.78, 5) is 4.35. The van der Waals surface area contributed by atoms with Crippen molar-refractivity contribution in [1.82, 2.24) is 9.55 Å². The van der Waals surface area contributed by atoms with E-state index in [0.29, 0.717) is 12.2 Å². The predicted octanol–water partition coefficient (Wildman–Crippen LogP) is 3.97. The van der Waals surface area contributed by atoms with E-state index in [1.807, 2.05) is 35.0 Å². The molecule has 0 aliphatic heterocycles. The molecule has 21 heavy (non-hydrogen) atoms. The molecule has 0 aliphatic carbocycles. The van der Waals surface area contributed by atoms with Gasteiger partial charge in [0.1, 0.15) is 11.6 Å². The summed E-state index contributed by atoms with van der Waals surface area (Å²) in [6.07, 6.45) is 3.57. The Bertz CT molecular complexity index is 783. The number of imidazole rings is 1. The number of halogens is 2. The molecule has 1 aromatic heterocycles. The molecular weight excluding hydrogens is 289 g/mol. The first-order valence-electron chi connectivity index (χ1n) is 6.44. The second-order valence-electron chi connectivity index (χ2n) is 4.75. The first kappa shape index (κ1) is 13.6. The minimum absolute atomic E-state index is 0.125. The van der Waals surface area contributed by atoms with Crippen molar-refractivity contribution in [3.8, 4) is 11.4 Å². The molecule has 2 aromatic carbocycles. The first-order valence-corrected chi connectivity index (χ1v) is 6.82. The van der Waals surface area contributed by atoms with Crippen LogP contribution in [0.1, 0.15) is 5.56 Å². The quantitative estimate of drug-likeness (QED) is 0.744. The van der Waals surface area contributed by atoms with Gasteiger partial charge in [-0.15, -0.1) is 0 Å². The summed E-state index contributed by atoms with van der Waals surface area (Å²) in [5.41, 5.74) is 8.23. The van der Waals surface area contributed by atoms with Crippen LogP contribution in [0.3, 0.4) is 0 Å². The third-order valence-corrected chi connectivity index (χ3v) is 3.50. The fourth-order valence-corrected chi connectivity index (χ4v) is 2.33. The van der Waals surface area contributed by atoms with E-state index in [1.54, 1.807) is 18.3 Å². The lowest BCUT2D eigenvalue weighted by Gasteiger charge is -2.09. The third kappa shape index (κ3) is 2.90. The van der Waals surface area contributed by atoms with Crippen LogP contribution in [0.15, 0.2) is 54.9 Å². The van der Waals surface area contributed by atoms with Crippen LogP contribution >= 0.6 is 11.6 Å². The molecule has 0 amide bonds. The summed E-state index contributed by atoms with van der Waals surface area (Å²) in [5.74, 6) is 0.373. The van der Waals surface area contributed by atoms with Crippen molar-refractivity contribution in [3.05, 3.63) is 71.3 Å². The lowest BCUT2D eigenvalue weighted by molar-refractivity contribution is 0.624. The molecule has 0 atom stereocenters. The number of nitrogens with zero attached hydrogens (tertiary/aromatic N) is 2. The fourth-order valence-electron chi connectivity index (χ4n) is 2.21. The van der Waals surface area contributed by atoms with Crippen LogP contribution in [-0.4, -0.2) is 9.55 Å². The Balaban J connectivity index is 1.94. The van der Waals surface area contributed by atoms with Gasteiger partial charge in [0.05, 0.1) is 5.02 Å². The van der Waals surface area contributed by atoms with Crippen molar-refractivity contribution in [2.24, 2.45) is 0 Å². The van der Waals surface area contributed by atoms with Gasteiger partial charge in [-0.3, -0.25) is 0 Å². The highest BCUT2D eigenvalue weighted by atomic mass is 35.5. The molecule has 3 rings (SSSR count). The first-order chi connectivity index (χ1) is 10.1. The van der Waals surface area contributed by atoms with Gasteiger partial charge < -0.3 is 10.3 Å². The van der Waals surface area contributed by atoms with Crippen molar-refractivity contribution in [2.45, 2.75) is 6.54 Å². The van der Waals surface area contributed by atoms with Crippen molar-refractivity contribution in [3.63, 3.8) is 0 Å². The molecule has 1 heterocycles. The Labute approximate surface area is 126 Å². The van der Waals surface area contributed by atoms with E-state index in [-0.39, 0.29) is 5.02 Å². The highest BCUT2D eigenvalue weighted by Crippen LogP contribution is 2.22. The maximum Gasteiger partial charge on any atom is 0.142 e. The third-order valence-electron chi connectivity index (χ3n) is 3.20. The standard InChI is InChI=1S/C16H13ClFN3/c17-14-5-4-11(8-15(14)18)10-21-7-6-20-16(21)12-2-1-3-13(19)9-12/h1-9H,10,19H2. The number of hydrogen-bond acceptors (Lipinski definition) is 2. The van der Waals surface area contributed by atoms with Crippen LogP contribution in [0.4, 0.5) is 10.1 Å². The Morgan fingerprint density at radius 1 is 1.19 bits per heavy atom. The maximum absolute atomic E-state index is 13.5. The zero-order valence-electron chi connectivity index (χ0n) is 11.1. The number of anilines is 1. The molecule has 0 spiro atoms. The van der Waals surface area contributed by atoms with Gasteiger partial charge in [-0.05, 0) is 29.8 Å². The molecule has 0 saturated carbocycles. The SMILES string of the molecule is Nc1cccc(-c2nccn2Cc2ccc(Cl)c(F)c2)c1. The van der Waals surface area contributed by atoms with Crippen LogP contribution in [-0.2, 0) is 6.54 Å². The fraction of sp³-hybridized carbons (Fsp3) is 0.0625. The largest absolute Gasteiger partial charge is 0.399 e. The summed E-state index contributed by atoms with van der Waals surface area (Å²) >= 11 is 5.70. The molecule has 0 bridgehead atoms. The molecule has 5 heteroatoms. The number of rotatable bonds is 3. The van der Waals surface area contributed by atoms with E-state index in [2.05, 4.69) is 4.98 Å². The van der Waals surface area contributed by atoms with Gasteiger partial charge in [0, 0.05) is 30.2 Å². The number of aromatic nitrogens is 2. The second kappa shape index (κ2) is 5.58. The van der Waals surface area contributed by atoms with Crippen LogP contribution in [0.25, 0.3) is 11.4 Å². The minimum atomic E-state index is -0.417. The molecule has 0 radical (unpaired) electrons. The molecule has 106 valence electrons. The van der Waals surface area contributed by atoms with Crippen molar-refractivity contribution in [2.75, 3.05) is 5.73 Å². The van der Waals surface area contributed by atoms with Crippen LogP contribution < -0.4 is 5.73 Å². The normalized spacial score (nSPS) is 10.8. The Morgan fingerprint density at radius 2 is 2.05 bits per heavy atom. The van der Waals surface area contributed by atoms with Gasteiger partial charge in [-0.25, -0.2) is 9.37 Å². The van der Waals surface area contributed by atoms with Crippen LogP contribution in [0, 0.1) is 5.82 Å². The highest BCUT2D eigenvalue weighted by molar-refractivity contribution is 6.30. The monoisotopic (exact) mass is 301 g/mol. The van der Waals surface area contributed by atoms with E-state index in [9.17, 15) is 4.39 Å². The highest BCUT2D eigenvalue weighted by Gasteiger charge is 2.08. The van der Waals surface area contributed by atoms with Crippen LogP contribution in [0.5, 0.6) is 0 Å². The second-order valence-corrected chi connectivity index (χ2v) is 5.16. The van der Waals surface area contributed by atoms with Crippen LogP contribution in [0.2, 0.25) is 5.02 Å². The van der Waals surface area contributed by atoms with Crippen molar-refractivity contribution >= 4 is 17.3 Å². The van der Waals surface area contributed by atoms with Gasteiger partial charge in [0.25, 0.3) is 0 Å². The molecule has 0 fully saturated rings. The number of nitrogen functional groups attached to an aromatic ring is 1. The Hall–Kier alpha value is -2.33. The summed E-state index contributed by atoms with van der Waals surface area (Å²) in [7, 11) is 0. The predicted molar refractivity (Wildman–Crippen MR) is 82.6 cm³/mol. The lowest BCUT2D eigenvalue weighted by atomic mass is 10.1. The molecule has 3 aromatic rings. The molecule has 0 aliphatic rings. The van der Waals surface area contributed by atoms with Gasteiger partial charge >= 0.3 is 0 Å². The Kier molecular flexibility index (Phi) is 3.62. The topological polar surface area (TPSA) is 43.8 Å². The van der Waals surface area contributed by atoms with E-state index in [1.165, 1.54) is 6.07 Å². The average molecular weight is 302 g/mol.